The second-order valence-corrected chi connectivity index (χ2v) is 5.10. The molecule has 1 aliphatic carbocycles. The molecule has 1 aromatic heterocycles. The number of hydrogen-bond acceptors (Lipinski definition) is 4. The lowest BCUT2D eigenvalue weighted by Crippen LogP contribution is -2.21. The van der Waals surface area contributed by atoms with Gasteiger partial charge in [-0.05, 0) is 25.2 Å². The first kappa shape index (κ1) is 13.1. The van der Waals surface area contributed by atoms with Gasteiger partial charge in [0.05, 0.1) is 18.8 Å². The monoisotopic (exact) mass is 251 g/mol. The van der Waals surface area contributed by atoms with Crippen LogP contribution in [0.15, 0.2) is 0 Å². The van der Waals surface area contributed by atoms with Crippen molar-refractivity contribution >= 4 is 5.97 Å². The van der Waals surface area contributed by atoms with Gasteiger partial charge in [0.2, 0.25) is 0 Å². The molecule has 5 nitrogen and oxygen atoms in total. The van der Waals surface area contributed by atoms with E-state index in [1.165, 1.54) is 20.0 Å². The molecule has 1 aliphatic rings. The number of carbonyl (C=O) groups excluding carboxylic acids is 1. The van der Waals surface area contributed by atoms with Crippen molar-refractivity contribution in [3.63, 3.8) is 0 Å². The van der Waals surface area contributed by atoms with Gasteiger partial charge in [-0.25, -0.2) is 9.48 Å². The zero-order valence-corrected chi connectivity index (χ0v) is 11.3. The molecule has 0 aliphatic heterocycles. The Morgan fingerprint density at radius 2 is 2.28 bits per heavy atom. The van der Waals surface area contributed by atoms with Crippen LogP contribution in [0, 0.1) is 5.92 Å². The maximum atomic E-state index is 11.6. The standard InChI is InChI=1S/C13H21N3O2/c1-4-11-12(13(17)18-3)14-15-16(11)10-7-5-6-9(2)8-10/h9-10H,4-8H2,1-3H3. The number of hydrogen-bond donors (Lipinski definition) is 0. The molecular weight excluding hydrogens is 230 g/mol. The molecule has 0 saturated heterocycles. The van der Waals surface area contributed by atoms with Crippen LogP contribution in [-0.2, 0) is 11.2 Å². The summed E-state index contributed by atoms with van der Waals surface area (Å²) in [7, 11) is 1.38. The van der Waals surface area contributed by atoms with Gasteiger partial charge in [0.15, 0.2) is 5.69 Å². The second kappa shape index (κ2) is 5.50. The van der Waals surface area contributed by atoms with Crippen molar-refractivity contribution in [2.45, 2.75) is 52.0 Å². The predicted octanol–water partition coefficient (Wildman–Crippen LogP) is 2.38. The molecule has 1 aromatic rings. The van der Waals surface area contributed by atoms with Crippen molar-refractivity contribution in [1.82, 2.24) is 15.0 Å². The third-order valence-electron chi connectivity index (χ3n) is 3.76. The maximum absolute atomic E-state index is 11.6. The zero-order valence-electron chi connectivity index (χ0n) is 11.3. The van der Waals surface area contributed by atoms with Crippen molar-refractivity contribution in [2.24, 2.45) is 5.92 Å². The molecule has 0 aromatic carbocycles. The van der Waals surface area contributed by atoms with Gasteiger partial charge in [-0.3, -0.25) is 0 Å². The van der Waals surface area contributed by atoms with Crippen LogP contribution < -0.4 is 0 Å². The van der Waals surface area contributed by atoms with Crippen molar-refractivity contribution in [2.75, 3.05) is 7.11 Å². The molecule has 1 saturated carbocycles. The van der Waals surface area contributed by atoms with Gasteiger partial charge in [0.25, 0.3) is 0 Å². The fourth-order valence-electron chi connectivity index (χ4n) is 2.82. The average molecular weight is 251 g/mol. The summed E-state index contributed by atoms with van der Waals surface area (Å²) in [6.07, 6.45) is 5.51. The van der Waals surface area contributed by atoms with Crippen LogP contribution in [-0.4, -0.2) is 28.1 Å². The lowest BCUT2D eigenvalue weighted by atomic mass is 9.87. The molecule has 2 atom stereocenters. The Morgan fingerprint density at radius 1 is 1.50 bits per heavy atom. The second-order valence-electron chi connectivity index (χ2n) is 5.10. The molecule has 5 heteroatoms. The first-order valence-electron chi connectivity index (χ1n) is 6.69. The van der Waals surface area contributed by atoms with Crippen LogP contribution in [0.2, 0.25) is 0 Å². The number of nitrogens with zero attached hydrogens (tertiary/aromatic N) is 3. The van der Waals surface area contributed by atoms with Crippen LogP contribution in [0.3, 0.4) is 0 Å². The fraction of sp³-hybridized carbons (Fsp3) is 0.769. The molecule has 100 valence electrons. The highest BCUT2D eigenvalue weighted by atomic mass is 16.5. The highest BCUT2D eigenvalue weighted by molar-refractivity contribution is 5.88. The van der Waals surface area contributed by atoms with E-state index < -0.39 is 0 Å². The van der Waals surface area contributed by atoms with Gasteiger partial charge in [0.1, 0.15) is 0 Å². The van der Waals surface area contributed by atoms with E-state index in [-0.39, 0.29) is 5.97 Å². The Labute approximate surface area is 108 Å². The number of carbonyl (C=O) groups is 1. The Hall–Kier alpha value is -1.39. The van der Waals surface area contributed by atoms with Gasteiger partial charge in [-0.2, -0.15) is 0 Å². The molecule has 0 radical (unpaired) electrons. The minimum absolute atomic E-state index is 0.373. The van der Waals surface area contributed by atoms with Crippen molar-refractivity contribution in [3.05, 3.63) is 11.4 Å². The highest BCUT2D eigenvalue weighted by Crippen LogP contribution is 2.32. The Morgan fingerprint density at radius 3 is 2.89 bits per heavy atom. The van der Waals surface area contributed by atoms with E-state index in [0.29, 0.717) is 11.7 Å². The van der Waals surface area contributed by atoms with E-state index in [1.807, 2.05) is 11.6 Å². The number of ether oxygens (including phenoxy) is 1. The summed E-state index contributed by atoms with van der Waals surface area (Å²) in [4.78, 5) is 11.6. The van der Waals surface area contributed by atoms with Crippen molar-refractivity contribution < 1.29 is 9.53 Å². The van der Waals surface area contributed by atoms with E-state index >= 15 is 0 Å². The normalized spacial score (nSPS) is 23.9. The smallest absolute Gasteiger partial charge is 0.360 e. The summed E-state index contributed by atoms with van der Waals surface area (Å²) in [5.74, 6) is 0.334. The topological polar surface area (TPSA) is 57.0 Å². The summed E-state index contributed by atoms with van der Waals surface area (Å²) < 4.78 is 6.69. The molecule has 0 amide bonds. The first-order chi connectivity index (χ1) is 8.67. The lowest BCUT2D eigenvalue weighted by molar-refractivity contribution is 0.0592. The van der Waals surface area contributed by atoms with Gasteiger partial charge in [-0.1, -0.05) is 31.9 Å². The van der Waals surface area contributed by atoms with Gasteiger partial charge in [-0.15, -0.1) is 5.10 Å². The minimum Gasteiger partial charge on any atom is -0.464 e. The Kier molecular flexibility index (Phi) is 3.99. The van der Waals surface area contributed by atoms with Gasteiger partial charge < -0.3 is 4.74 Å². The van der Waals surface area contributed by atoms with Crippen LogP contribution in [0.5, 0.6) is 0 Å². The number of methoxy groups -OCH3 is 1. The van der Waals surface area contributed by atoms with Crippen molar-refractivity contribution in [3.8, 4) is 0 Å². The molecule has 1 heterocycles. The number of aromatic nitrogens is 3. The van der Waals surface area contributed by atoms with E-state index in [1.54, 1.807) is 0 Å². The minimum atomic E-state index is -0.387. The number of rotatable bonds is 3. The summed E-state index contributed by atoms with van der Waals surface area (Å²) in [6, 6.07) is 0.384. The number of esters is 1. The highest BCUT2D eigenvalue weighted by Gasteiger charge is 2.26. The van der Waals surface area contributed by atoms with Crippen molar-refractivity contribution in [1.29, 1.82) is 0 Å². The average Bonchev–Trinajstić information content (AvgIpc) is 2.81. The Balaban J connectivity index is 2.27. The quantitative estimate of drug-likeness (QED) is 0.774. The molecule has 0 N–H and O–H groups in total. The molecule has 0 spiro atoms. The molecule has 18 heavy (non-hydrogen) atoms. The summed E-state index contributed by atoms with van der Waals surface area (Å²) in [6.45, 7) is 4.30. The van der Waals surface area contributed by atoms with E-state index in [4.69, 9.17) is 4.74 Å². The Bertz CT molecular complexity index is 428. The largest absolute Gasteiger partial charge is 0.464 e. The third-order valence-corrected chi connectivity index (χ3v) is 3.76. The molecule has 0 bridgehead atoms. The first-order valence-corrected chi connectivity index (χ1v) is 6.69. The molecule has 2 rings (SSSR count). The predicted molar refractivity (Wildman–Crippen MR) is 67.4 cm³/mol. The van der Waals surface area contributed by atoms with Gasteiger partial charge in [0, 0.05) is 0 Å². The van der Waals surface area contributed by atoms with Crippen LogP contribution >= 0.6 is 0 Å². The fourth-order valence-corrected chi connectivity index (χ4v) is 2.82. The maximum Gasteiger partial charge on any atom is 0.360 e. The van der Waals surface area contributed by atoms with Gasteiger partial charge >= 0.3 is 5.97 Å². The van der Waals surface area contributed by atoms with Crippen LogP contribution in [0.4, 0.5) is 0 Å². The van der Waals surface area contributed by atoms with Crippen LogP contribution in [0.25, 0.3) is 0 Å². The lowest BCUT2D eigenvalue weighted by Gasteiger charge is -2.27. The molecule has 2 unspecified atom stereocenters. The zero-order chi connectivity index (χ0) is 13.1. The van der Waals surface area contributed by atoms with Crippen LogP contribution in [0.1, 0.15) is 61.8 Å². The molecular formula is C13H21N3O2. The summed E-state index contributed by atoms with van der Waals surface area (Å²) in [5, 5.41) is 8.18. The van der Waals surface area contributed by atoms with E-state index in [0.717, 1.165) is 30.9 Å². The third kappa shape index (κ3) is 2.40. The SMILES string of the molecule is CCc1c(C(=O)OC)nnn1C1CCCC(C)C1. The van der Waals surface area contributed by atoms with E-state index in [9.17, 15) is 4.79 Å². The van der Waals surface area contributed by atoms with E-state index in [2.05, 4.69) is 17.2 Å². The summed E-state index contributed by atoms with van der Waals surface area (Å²) >= 11 is 0. The molecule has 1 fully saturated rings. The summed E-state index contributed by atoms with van der Waals surface area (Å²) in [5.41, 5.74) is 1.28.